The normalized spacial score (nSPS) is 19.0. The zero-order chi connectivity index (χ0) is 11.4. The number of halogens is 1. The standard InChI is InChI=1S/C14H19ClS/c1-11-7-8-14(16-11)9-13(10-15)12-5-3-2-4-6-12/h7-9,12H,2-6,10H2,1H3. The lowest BCUT2D eigenvalue weighted by Crippen LogP contribution is -2.10. The monoisotopic (exact) mass is 254 g/mol. The number of alkyl halides is 1. The second kappa shape index (κ2) is 5.88. The molecule has 1 fully saturated rings. The van der Waals surface area contributed by atoms with Crippen LogP contribution < -0.4 is 0 Å². The summed E-state index contributed by atoms with van der Waals surface area (Å²) in [6.07, 6.45) is 9.15. The van der Waals surface area contributed by atoms with Gasteiger partial charge in [0.05, 0.1) is 0 Å². The summed E-state index contributed by atoms with van der Waals surface area (Å²) in [5, 5.41) is 0. The van der Waals surface area contributed by atoms with Gasteiger partial charge in [-0.05, 0) is 43.9 Å². The summed E-state index contributed by atoms with van der Waals surface area (Å²) in [5.74, 6) is 1.44. The molecule has 2 rings (SSSR count). The number of aryl methyl sites for hydroxylation is 1. The molecule has 0 saturated heterocycles. The van der Waals surface area contributed by atoms with Crippen LogP contribution in [0, 0.1) is 12.8 Å². The maximum absolute atomic E-state index is 6.09. The molecule has 1 saturated carbocycles. The Morgan fingerprint density at radius 3 is 2.69 bits per heavy atom. The van der Waals surface area contributed by atoms with Crippen LogP contribution in [0.1, 0.15) is 41.9 Å². The summed E-state index contributed by atoms with van der Waals surface area (Å²) in [7, 11) is 0. The van der Waals surface area contributed by atoms with Crippen LogP contribution in [0.25, 0.3) is 6.08 Å². The van der Waals surface area contributed by atoms with Gasteiger partial charge in [0.2, 0.25) is 0 Å². The molecule has 0 radical (unpaired) electrons. The fraction of sp³-hybridized carbons (Fsp3) is 0.571. The van der Waals surface area contributed by atoms with E-state index in [2.05, 4.69) is 25.1 Å². The minimum absolute atomic E-state index is 0.696. The first-order chi connectivity index (χ1) is 7.79. The zero-order valence-corrected chi connectivity index (χ0v) is 11.4. The van der Waals surface area contributed by atoms with Crippen molar-refractivity contribution in [2.24, 2.45) is 5.92 Å². The van der Waals surface area contributed by atoms with Crippen molar-refractivity contribution < 1.29 is 0 Å². The SMILES string of the molecule is Cc1ccc(C=C(CCl)C2CCCCC2)s1. The Balaban J connectivity index is 2.11. The first-order valence-corrected chi connectivity index (χ1v) is 7.47. The van der Waals surface area contributed by atoms with Crippen LogP contribution in [-0.2, 0) is 0 Å². The highest BCUT2D eigenvalue weighted by atomic mass is 35.5. The van der Waals surface area contributed by atoms with E-state index in [1.807, 2.05) is 11.3 Å². The minimum Gasteiger partial charge on any atom is -0.141 e. The lowest BCUT2D eigenvalue weighted by Gasteiger charge is -2.23. The first kappa shape index (κ1) is 12.2. The van der Waals surface area contributed by atoms with Gasteiger partial charge in [-0.2, -0.15) is 0 Å². The van der Waals surface area contributed by atoms with Gasteiger partial charge >= 0.3 is 0 Å². The number of hydrogen-bond acceptors (Lipinski definition) is 1. The molecule has 0 aliphatic heterocycles. The molecule has 1 aliphatic carbocycles. The Labute approximate surface area is 107 Å². The van der Waals surface area contributed by atoms with Crippen LogP contribution in [-0.4, -0.2) is 5.88 Å². The number of hydrogen-bond donors (Lipinski definition) is 0. The highest BCUT2D eigenvalue weighted by molar-refractivity contribution is 7.12. The zero-order valence-electron chi connectivity index (χ0n) is 9.84. The molecule has 0 amide bonds. The highest BCUT2D eigenvalue weighted by Crippen LogP contribution is 2.32. The van der Waals surface area contributed by atoms with Gasteiger partial charge < -0.3 is 0 Å². The molecule has 0 atom stereocenters. The molecule has 88 valence electrons. The van der Waals surface area contributed by atoms with Gasteiger partial charge in [-0.15, -0.1) is 22.9 Å². The van der Waals surface area contributed by atoms with E-state index in [4.69, 9.17) is 11.6 Å². The fourth-order valence-electron chi connectivity index (χ4n) is 2.45. The minimum atomic E-state index is 0.696. The maximum atomic E-state index is 6.09. The Bertz CT molecular complexity index is 359. The van der Waals surface area contributed by atoms with Gasteiger partial charge in [-0.3, -0.25) is 0 Å². The summed E-state index contributed by atoms with van der Waals surface area (Å²) < 4.78 is 0. The third kappa shape index (κ3) is 3.11. The van der Waals surface area contributed by atoms with E-state index in [1.165, 1.54) is 47.4 Å². The van der Waals surface area contributed by atoms with E-state index in [0.29, 0.717) is 5.88 Å². The third-order valence-electron chi connectivity index (χ3n) is 3.37. The Morgan fingerprint density at radius 1 is 1.38 bits per heavy atom. The highest BCUT2D eigenvalue weighted by Gasteiger charge is 2.17. The predicted molar refractivity (Wildman–Crippen MR) is 74.3 cm³/mol. The van der Waals surface area contributed by atoms with E-state index < -0.39 is 0 Å². The molecule has 1 heterocycles. The van der Waals surface area contributed by atoms with E-state index in [-0.39, 0.29) is 0 Å². The molecule has 0 nitrogen and oxygen atoms in total. The summed E-state index contributed by atoms with van der Waals surface area (Å²) in [4.78, 5) is 2.74. The molecule has 0 unspecified atom stereocenters. The Morgan fingerprint density at radius 2 is 2.12 bits per heavy atom. The number of rotatable bonds is 3. The van der Waals surface area contributed by atoms with Gasteiger partial charge in [0.25, 0.3) is 0 Å². The van der Waals surface area contributed by atoms with Gasteiger partial charge in [-0.1, -0.05) is 24.8 Å². The lowest BCUT2D eigenvalue weighted by molar-refractivity contribution is 0.405. The van der Waals surface area contributed by atoms with Crippen molar-refractivity contribution in [3.63, 3.8) is 0 Å². The lowest BCUT2D eigenvalue weighted by atomic mass is 9.84. The average molecular weight is 255 g/mol. The topological polar surface area (TPSA) is 0 Å². The average Bonchev–Trinajstić information content (AvgIpc) is 2.73. The molecule has 0 spiro atoms. The molecule has 1 aromatic heterocycles. The van der Waals surface area contributed by atoms with Crippen molar-refractivity contribution >= 4 is 29.0 Å². The maximum Gasteiger partial charge on any atom is 0.0439 e. The molecular formula is C14H19ClS. The van der Waals surface area contributed by atoms with E-state index in [0.717, 1.165) is 5.92 Å². The first-order valence-electron chi connectivity index (χ1n) is 6.12. The van der Waals surface area contributed by atoms with E-state index >= 15 is 0 Å². The predicted octanol–water partition coefficient (Wildman–Crippen LogP) is 5.26. The van der Waals surface area contributed by atoms with Crippen molar-refractivity contribution in [2.75, 3.05) is 5.88 Å². The van der Waals surface area contributed by atoms with Gasteiger partial charge in [0, 0.05) is 15.6 Å². The molecular weight excluding hydrogens is 236 g/mol. The van der Waals surface area contributed by atoms with Crippen molar-refractivity contribution in [3.05, 3.63) is 27.5 Å². The number of allylic oxidation sites excluding steroid dienone is 1. The van der Waals surface area contributed by atoms with Crippen LogP contribution in [0.5, 0.6) is 0 Å². The summed E-state index contributed by atoms with van der Waals surface area (Å²) >= 11 is 7.95. The quantitative estimate of drug-likeness (QED) is 0.646. The third-order valence-corrected chi connectivity index (χ3v) is 4.63. The van der Waals surface area contributed by atoms with Crippen LogP contribution in [0.15, 0.2) is 17.7 Å². The Kier molecular flexibility index (Phi) is 4.48. The molecule has 2 heteroatoms. The molecule has 0 bridgehead atoms. The van der Waals surface area contributed by atoms with E-state index in [1.54, 1.807) is 0 Å². The van der Waals surface area contributed by atoms with Crippen LogP contribution in [0.2, 0.25) is 0 Å². The van der Waals surface area contributed by atoms with Gasteiger partial charge in [0.1, 0.15) is 0 Å². The molecule has 1 aromatic rings. The van der Waals surface area contributed by atoms with Gasteiger partial charge in [-0.25, -0.2) is 0 Å². The van der Waals surface area contributed by atoms with Crippen molar-refractivity contribution in [1.82, 2.24) is 0 Å². The summed E-state index contributed by atoms with van der Waals surface area (Å²) in [5.41, 5.74) is 1.45. The smallest absolute Gasteiger partial charge is 0.0439 e. The van der Waals surface area contributed by atoms with Crippen LogP contribution in [0.4, 0.5) is 0 Å². The van der Waals surface area contributed by atoms with Crippen LogP contribution >= 0.6 is 22.9 Å². The largest absolute Gasteiger partial charge is 0.141 e. The summed E-state index contributed by atoms with van der Waals surface area (Å²) in [6, 6.07) is 4.39. The molecule has 16 heavy (non-hydrogen) atoms. The second-order valence-corrected chi connectivity index (χ2v) is 6.22. The van der Waals surface area contributed by atoms with Crippen LogP contribution in [0.3, 0.4) is 0 Å². The second-order valence-electron chi connectivity index (χ2n) is 4.64. The molecule has 0 aromatic carbocycles. The summed E-state index contributed by atoms with van der Waals surface area (Å²) in [6.45, 7) is 2.16. The number of thiophene rings is 1. The van der Waals surface area contributed by atoms with E-state index in [9.17, 15) is 0 Å². The van der Waals surface area contributed by atoms with Crippen molar-refractivity contribution in [2.45, 2.75) is 39.0 Å². The molecule has 0 N–H and O–H groups in total. The van der Waals surface area contributed by atoms with Crippen molar-refractivity contribution in [3.8, 4) is 0 Å². The van der Waals surface area contributed by atoms with Crippen molar-refractivity contribution in [1.29, 1.82) is 0 Å². The fourth-order valence-corrected chi connectivity index (χ4v) is 3.60. The molecule has 1 aliphatic rings. The van der Waals surface area contributed by atoms with Gasteiger partial charge in [0.15, 0.2) is 0 Å². The Hall–Kier alpha value is -0.270.